The van der Waals surface area contributed by atoms with E-state index in [9.17, 15) is 14.7 Å². The summed E-state index contributed by atoms with van der Waals surface area (Å²) in [5, 5.41) is 25.5. The number of amides is 1. The highest BCUT2D eigenvalue weighted by atomic mass is 35.5. The number of rotatable bonds is 4. The maximum absolute atomic E-state index is 12.1. The minimum absolute atomic E-state index is 0.200. The Bertz CT molecular complexity index is 954. The fourth-order valence-electron chi connectivity index (χ4n) is 2.29. The van der Waals surface area contributed by atoms with Crippen molar-refractivity contribution >= 4 is 29.1 Å². The number of carboxylic acids is 1. The van der Waals surface area contributed by atoms with Crippen molar-refractivity contribution in [1.29, 1.82) is 0 Å². The molecule has 3 aromatic rings. The van der Waals surface area contributed by atoms with Crippen LogP contribution < -0.4 is 5.32 Å². The van der Waals surface area contributed by atoms with Crippen LogP contribution in [-0.2, 0) is 4.79 Å². The number of halogens is 1. The van der Waals surface area contributed by atoms with Crippen molar-refractivity contribution in [2.45, 2.75) is 0 Å². The molecule has 0 saturated carbocycles. The topological polar surface area (TPSA) is 117 Å². The van der Waals surface area contributed by atoms with Crippen molar-refractivity contribution < 1.29 is 19.8 Å². The first-order valence-corrected chi connectivity index (χ1v) is 7.17. The summed E-state index contributed by atoms with van der Waals surface area (Å²) in [5.41, 5.74) is 1.35. The lowest BCUT2D eigenvalue weighted by molar-refractivity contribution is -0.135. The van der Waals surface area contributed by atoms with E-state index in [1.165, 1.54) is 12.4 Å². The van der Waals surface area contributed by atoms with Crippen LogP contribution in [0.25, 0.3) is 16.8 Å². The molecule has 2 aromatic heterocycles. The lowest BCUT2D eigenvalue weighted by atomic mass is 10.1. The summed E-state index contributed by atoms with van der Waals surface area (Å²) in [5.74, 6) is -2.33. The molecule has 0 saturated heterocycles. The zero-order chi connectivity index (χ0) is 17.3. The molecule has 122 valence electrons. The number of carboxylic acid groups (broad SMARTS) is 1. The summed E-state index contributed by atoms with van der Waals surface area (Å²) >= 11 is 5.99. The van der Waals surface area contributed by atoms with Crippen LogP contribution in [0, 0.1) is 0 Å². The molecule has 0 bridgehead atoms. The Labute approximate surface area is 140 Å². The van der Waals surface area contributed by atoms with Gasteiger partial charge in [-0.3, -0.25) is 9.59 Å². The highest BCUT2D eigenvalue weighted by molar-refractivity contribution is 6.30. The van der Waals surface area contributed by atoms with Gasteiger partial charge in [-0.1, -0.05) is 23.7 Å². The van der Waals surface area contributed by atoms with E-state index in [0.29, 0.717) is 21.8 Å². The van der Waals surface area contributed by atoms with Gasteiger partial charge in [-0.15, -0.1) is 0 Å². The third kappa shape index (κ3) is 2.86. The Morgan fingerprint density at radius 1 is 1.29 bits per heavy atom. The Balaban J connectivity index is 2.13. The van der Waals surface area contributed by atoms with E-state index in [1.807, 2.05) is 0 Å². The van der Waals surface area contributed by atoms with Crippen LogP contribution in [0.15, 0.2) is 36.7 Å². The number of carbonyl (C=O) groups is 2. The van der Waals surface area contributed by atoms with E-state index < -0.39 is 18.4 Å². The zero-order valence-electron chi connectivity index (χ0n) is 12.1. The fraction of sp³-hybridized carbons (Fsp3) is 0.0667. The molecule has 1 aromatic carbocycles. The molecule has 9 heteroatoms. The number of nitrogens with zero attached hydrogens (tertiary/aromatic N) is 3. The lowest BCUT2D eigenvalue weighted by Gasteiger charge is -2.10. The van der Waals surface area contributed by atoms with Crippen molar-refractivity contribution in [3.05, 3.63) is 47.4 Å². The van der Waals surface area contributed by atoms with Gasteiger partial charge in [0.05, 0.1) is 0 Å². The van der Waals surface area contributed by atoms with Crippen LogP contribution in [-0.4, -0.2) is 43.2 Å². The average Bonchev–Trinajstić information content (AvgIpc) is 3.01. The molecular weight excluding hydrogens is 336 g/mol. The predicted molar refractivity (Wildman–Crippen MR) is 85.1 cm³/mol. The molecule has 1 amide bonds. The van der Waals surface area contributed by atoms with Crippen LogP contribution in [0.5, 0.6) is 5.75 Å². The van der Waals surface area contributed by atoms with E-state index in [0.717, 1.165) is 4.52 Å². The Hall–Kier alpha value is -3.13. The van der Waals surface area contributed by atoms with E-state index in [4.69, 9.17) is 16.7 Å². The third-order valence-corrected chi connectivity index (χ3v) is 3.51. The van der Waals surface area contributed by atoms with Crippen molar-refractivity contribution in [1.82, 2.24) is 19.9 Å². The number of aromatic nitrogens is 3. The molecule has 0 aliphatic rings. The van der Waals surface area contributed by atoms with Gasteiger partial charge in [0.25, 0.3) is 5.91 Å². The molecule has 3 N–H and O–H groups in total. The van der Waals surface area contributed by atoms with E-state index in [-0.39, 0.29) is 11.4 Å². The van der Waals surface area contributed by atoms with Gasteiger partial charge in [-0.05, 0) is 23.8 Å². The number of benzene rings is 1. The van der Waals surface area contributed by atoms with Gasteiger partial charge in [0.15, 0.2) is 11.3 Å². The average molecular weight is 347 g/mol. The van der Waals surface area contributed by atoms with Gasteiger partial charge in [-0.2, -0.15) is 5.10 Å². The minimum Gasteiger partial charge on any atom is -0.505 e. The summed E-state index contributed by atoms with van der Waals surface area (Å²) < 4.78 is 1.16. The van der Waals surface area contributed by atoms with E-state index in [1.54, 1.807) is 24.3 Å². The first kappa shape index (κ1) is 15.8. The largest absolute Gasteiger partial charge is 0.505 e. The minimum atomic E-state index is -1.20. The first-order valence-electron chi connectivity index (χ1n) is 6.79. The highest BCUT2D eigenvalue weighted by Crippen LogP contribution is 2.31. The Kier molecular flexibility index (Phi) is 4.05. The number of aromatic hydroxyl groups is 1. The van der Waals surface area contributed by atoms with Gasteiger partial charge in [0, 0.05) is 10.6 Å². The number of fused-ring (bicyclic) bond motifs is 1. The van der Waals surface area contributed by atoms with Gasteiger partial charge in [0.2, 0.25) is 0 Å². The zero-order valence-corrected chi connectivity index (χ0v) is 12.9. The molecule has 0 atom stereocenters. The number of pyridine rings is 1. The Morgan fingerprint density at radius 3 is 2.79 bits per heavy atom. The first-order chi connectivity index (χ1) is 11.5. The number of aliphatic carboxylic acids is 1. The molecule has 8 nitrogen and oxygen atoms in total. The quantitative estimate of drug-likeness (QED) is 0.660. The van der Waals surface area contributed by atoms with Crippen molar-refractivity contribution in [2.75, 3.05) is 6.54 Å². The van der Waals surface area contributed by atoms with Gasteiger partial charge in [0.1, 0.15) is 18.6 Å². The second-order valence-corrected chi connectivity index (χ2v) is 5.31. The van der Waals surface area contributed by atoms with Crippen LogP contribution >= 0.6 is 11.6 Å². The smallest absolute Gasteiger partial charge is 0.322 e. The predicted octanol–water partition coefficient (Wildman–Crippen LogP) is 1.57. The van der Waals surface area contributed by atoms with Gasteiger partial charge < -0.3 is 15.5 Å². The second-order valence-electron chi connectivity index (χ2n) is 4.87. The number of hydrogen-bond acceptors (Lipinski definition) is 5. The monoisotopic (exact) mass is 346 g/mol. The maximum Gasteiger partial charge on any atom is 0.322 e. The Morgan fingerprint density at radius 2 is 2.08 bits per heavy atom. The van der Waals surface area contributed by atoms with Crippen LogP contribution in [0.3, 0.4) is 0 Å². The molecule has 0 unspecified atom stereocenters. The van der Waals surface area contributed by atoms with Crippen LogP contribution in [0.1, 0.15) is 10.5 Å². The summed E-state index contributed by atoms with van der Waals surface area (Å²) in [6.45, 7) is -0.579. The lowest BCUT2D eigenvalue weighted by Crippen LogP contribution is -2.30. The molecule has 24 heavy (non-hydrogen) atoms. The van der Waals surface area contributed by atoms with E-state index in [2.05, 4.69) is 15.4 Å². The summed E-state index contributed by atoms with van der Waals surface area (Å²) in [6, 6.07) is 8.29. The normalized spacial score (nSPS) is 10.7. The van der Waals surface area contributed by atoms with Gasteiger partial charge >= 0.3 is 5.97 Å². The molecule has 0 fully saturated rings. The molecular formula is C15H11ClN4O4. The summed E-state index contributed by atoms with van der Waals surface area (Å²) in [6.07, 6.45) is 1.23. The van der Waals surface area contributed by atoms with Gasteiger partial charge in [-0.25, -0.2) is 9.50 Å². The number of carbonyl (C=O) groups excluding carboxylic acids is 1. The molecule has 0 aliphatic carbocycles. The van der Waals surface area contributed by atoms with Crippen molar-refractivity contribution in [3.63, 3.8) is 0 Å². The molecule has 2 heterocycles. The SMILES string of the molecule is O=C(O)CNC(=O)c1c(O)cc(-c2cccc(Cl)c2)c2ncnn12. The van der Waals surface area contributed by atoms with Crippen LogP contribution in [0.2, 0.25) is 5.02 Å². The fourth-order valence-corrected chi connectivity index (χ4v) is 2.48. The summed E-state index contributed by atoms with van der Waals surface area (Å²) in [4.78, 5) is 26.8. The number of nitrogens with one attached hydrogen (secondary N) is 1. The summed E-state index contributed by atoms with van der Waals surface area (Å²) in [7, 11) is 0. The third-order valence-electron chi connectivity index (χ3n) is 3.28. The highest BCUT2D eigenvalue weighted by Gasteiger charge is 2.21. The number of hydrogen-bond donors (Lipinski definition) is 3. The van der Waals surface area contributed by atoms with E-state index >= 15 is 0 Å². The molecule has 0 aliphatic heterocycles. The second kappa shape index (κ2) is 6.17. The molecule has 0 spiro atoms. The standard InChI is InChI=1S/C15H11ClN4O4/c16-9-3-1-2-8(4-9)10-5-11(21)13(15(24)17-6-12(22)23)20-14(10)18-7-19-20/h1-5,7,21H,6H2,(H,17,24)(H,22,23). The molecule has 0 radical (unpaired) electrons. The van der Waals surface area contributed by atoms with Crippen molar-refractivity contribution in [2.24, 2.45) is 0 Å². The maximum atomic E-state index is 12.1. The molecule has 3 rings (SSSR count). The van der Waals surface area contributed by atoms with Crippen LogP contribution in [0.4, 0.5) is 0 Å². The van der Waals surface area contributed by atoms with Crippen molar-refractivity contribution in [3.8, 4) is 16.9 Å².